The van der Waals surface area contributed by atoms with Crippen molar-refractivity contribution in [2.24, 2.45) is 75.9 Å². The van der Waals surface area contributed by atoms with Gasteiger partial charge in [-0.05, 0) is 203 Å². The van der Waals surface area contributed by atoms with Crippen molar-refractivity contribution in [2.45, 2.75) is 243 Å². The van der Waals surface area contributed by atoms with E-state index in [1.54, 1.807) is 10.5 Å². The number of nitriles is 1. The summed E-state index contributed by atoms with van der Waals surface area (Å²) in [5.41, 5.74) is 2.25. The van der Waals surface area contributed by atoms with Crippen LogP contribution in [0.15, 0.2) is 46.9 Å². The Morgan fingerprint density at radius 2 is 1.43 bits per heavy atom. The topological polar surface area (TPSA) is 66.4 Å². The van der Waals surface area contributed by atoms with Crippen molar-refractivity contribution in [3.63, 3.8) is 0 Å². The summed E-state index contributed by atoms with van der Waals surface area (Å²) in [6, 6.07) is 6.38. The zero-order valence-electron chi connectivity index (χ0n) is 42.9. The third-order valence-corrected chi connectivity index (χ3v) is 23.7. The molecular formula is C60H92N6S. The molecule has 8 fully saturated rings. The van der Waals surface area contributed by atoms with Crippen LogP contribution in [0.1, 0.15) is 183 Å². The average molecular weight is 930 g/mol. The summed E-state index contributed by atoms with van der Waals surface area (Å²) < 4.78 is 0. The molecule has 0 spiro atoms. The fourth-order valence-corrected chi connectivity index (χ4v) is 20.6. The number of nitrogens with one attached hydrogen (secondary N) is 3. The quantitative estimate of drug-likeness (QED) is 0.237. The minimum Gasteiger partial charge on any atom is -0.292 e. The number of likely N-dealkylation sites (tertiary alicyclic amines) is 2. The van der Waals surface area contributed by atoms with Gasteiger partial charge < -0.3 is 0 Å². The number of thioether (sulfide) groups is 1. The Labute approximate surface area is 412 Å². The van der Waals surface area contributed by atoms with Crippen LogP contribution in [0.25, 0.3) is 0 Å². The van der Waals surface area contributed by atoms with Crippen molar-refractivity contribution in [3.8, 4) is 6.07 Å². The van der Waals surface area contributed by atoms with Crippen molar-refractivity contribution in [1.82, 2.24) is 25.8 Å². The molecule has 4 saturated heterocycles. The fraction of sp³-hybridized carbons (Fsp3) is 0.850. The molecule has 0 radical (unpaired) electrons. The second kappa shape index (κ2) is 18.6. The van der Waals surface area contributed by atoms with E-state index in [2.05, 4.69) is 122 Å². The number of hydrogen-bond acceptors (Lipinski definition) is 7. The summed E-state index contributed by atoms with van der Waals surface area (Å²) in [7, 11) is 0. The van der Waals surface area contributed by atoms with E-state index in [0.29, 0.717) is 71.5 Å². The first kappa shape index (κ1) is 46.7. The Kier molecular flexibility index (Phi) is 12.9. The summed E-state index contributed by atoms with van der Waals surface area (Å²) in [5.74, 6) is 7.19. The number of rotatable bonds is 5. The van der Waals surface area contributed by atoms with Gasteiger partial charge in [-0.25, -0.2) is 0 Å². The van der Waals surface area contributed by atoms with E-state index in [9.17, 15) is 5.26 Å². The van der Waals surface area contributed by atoms with Crippen LogP contribution in [0, 0.1) is 87.3 Å². The second-order valence-corrected chi connectivity index (χ2v) is 28.7. The minimum absolute atomic E-state index is 0.0673. The van der Waals surface area contributed by atoms with Crippen LogP contribution < -0.4 is 16.0 Å². The van der Waals surface area contributed by atoms with Gasteiger partial charge in [0.05, 0.1) is 30.5 Å². The van der Waals surface area contributed by atoms with Crippen LogP contribution in [-0.4, -0.2) is 69.8 Å². The molecule has 8 aliphatic carbocycles. The maximum Gasteiger partial charge on any atom is 0.0818 e. The van der Waals surface area contributed by atoms with E-state index in [-0.39, 0.29) is 23.7 Å². The molecule has 4 aliphatic heterocycles. The molecule has 0 aromatic rings. The molecular weight excluding hydrogens is 837 g/mol. The van der Waals surface area contributed by atoms with Gasteiger partial charge in [0.15, 0.2) is 0 Å². The highest BCUT2D eigenvalue weighted by Crippen LogP contribution is 2.59. The molecule has 6 nitrogen and oxygen atoms in total. The zero-order valence-corrected chi connectivity index (χ0v) is 43.7. The lowest BCUT2D eigenvalue weighted by atomic mass is 9.62. The molecule has 7 heteroatoms. The Morgan fingerprint density at radius 3 is 2.25 bits per heavy atom. The van der Waals surface area contributed by atoms with E-state index in [1.807, 2.05) is 0 Å². The Bertz CT molecular complexity index is 1970. The lowest BCUT2D eigenvalue weighted by molar-refractivity contribution is -0.0467. The number of fused-ring (bicyclic) bond motifs is 9. The summed E-state index contributed by atoms with van der Waals surface area (Å²) >= 11 is 2.30. The third kappa shape index (κ3) is 8.50. The standard InChI is InChI=1S/C60H92N6S/c1-59(2,3)39-25-28-50-45(32-39)46-33-40(60(4,5)6)26-29-51(46)66(50)53-34-52(65-48-21-13-10-18-41(48)42-19-11-14-22-49(42)65)38(35-61)30-47(53)58-63-56(36-16-8-7-9-17-36)62-57(64-58)37-24-27-44-43-20-12-15-23-54(43)67-55(44)31-37/h10,16,18,23,25,28,37-53,55-58,62-64H,7-9,11-15,17,19-22,24,26-27,29-34H2,1-6H3. The molecule has 21 unspecified atom stereocenters. The molecule has 12 rings (SSSR count). The molecule has 0 aromatic heterocycles. The first-order valence-corrected chi connectivity index (χ1v) is 29.9. The maximum atomic E-state index is 11.7. The van der Waals surface area contributed by atoms with E-state index in [0.717, 1.165) is 53.6 Å². The van der Waals surface area contributed by atoms with Gasteiger partial charge in [-0.15, -0.1) is 11.8 Å². The molecule has 67 heavy (non-hydrogen) atoms. The predicted octanol–water partition coefficient (Wildman–Crippen LogP) is 12.7. The van der Waals surface area contributed by atoms with Gasteiger partial charge in [-0.1, -0.05) is 90.8 Å². The third-order valence-electron chi connectivity index (χ3n) is 22.1. The molecule has 0 bridgehead atoms. The van der Waals surface area contributed by atoms with Crippen molar-refractivity contribution >= 4 is 11.8 Å². The SMILES string of the molecule is CC(C)(C)C1C=CC2C(C1)C1CC(C(C)(C)C)CCC1N2C1CC(N2C3CCC=CC3C3CCCCC32)C(C#N)CC1C1NC(C2=CCCCC2)NC(C2CCC3C(C2)SC2=CCCCC23)N1. The van der Waals surface area contributed by atoms with Gasteiger partial charge in [-0.2, -0.15) is 5.26 Å². The van der Waals surface area contributed by atoms with Crippen molar-refractivity contribution in [2.75, 3.05) is 0 Å². The molecule has 4 saturated carbocycles. The molecule has 368 valence electrons. The van der Waals surface area contributed by atoms with Crippen LogP contribution in [0.4, 0.5) is 0 Å². The van der Waals surface area contributed by atoms with Gasteiger partial charge in [-0.3, -0.25) is 25.8 Å². The minimum atomic E-state index is 0.0673. The monoisotopic (exact) mass is 929 g/mol. The molecule has 0 aromatic carbocycles. The summed E-state index contributed by atoms with van der Waals surface area (Å²) in [6.07, 6.45) is 45.5. The van der Waals surface area contributed by atoms with Crippen LogP contribution in [0.2, 0.25) is 0 Å². The van der Waals surface area contributed by atoms with Gasteiger partial charge in [0.25, 0.3) is 0 Å². The lowest BCUT2D eigenvalue weighted by Gasteiger charge is -2.56. The first-order chi connectivity index (χ1) is 32.4. The van der Waals surface area contributed by atoms with Crippen LogP contribution in [0.3, 0.4) is 0 Å². The van der Waals surface area contributed by atoms with Crippen LogP contribution >= 0.6 is 11.8 Å². The Hall–Kier alpha value is -1.40. The fourth-order valence-electron chi connectivity index (χ4n) is 18.7. The van der Waals surface area contributed by atoms with Gasteiger partial charge in [0.2, 0.25) is 0 Å². The van der Waals surface area contributed by atoms with E-state index in [4.69, 9.17) is 0 Å². The highest BCUT2D eigenvalue weighted by Gasteiger charge is 2.61. The smallest absolute Gasteiger partial charge is 0.0818 e. The van der Waals surface area contributed by atoms with Gasteiger partial charge in [0, 0.05) is 47.4 Å². The van der Waals surface area contributed by atoms with E-state index in [1.165, 1.54) is 128 Å². The molecule has 4 heterocycles. The summed E-state index contributed by atoms with van der Waals surface area (Å²) in [5, 5.41) is 25.8. The number of nitrogens with zero attached hydrogens (tertiary/aromatic N) is 3. The Balaban J connectivity index is 0.925. The maximum absolute atomic E-state index is 11.7. The number of hydrogen-bond donors (Lipinski definition) is 3. The van der Waals surface area contributed by atoms with Crippen molar-refractivity contribution in [3.05, 3.63) is 46.9 Å². The highest BCUT2D eigenvalue weighted by atomic mass is 32.2. The van der Waals surface area contributed by atoms with E-state index < -0.39 is 0 Å². The Morgan fingerprint density at radius 1 is 0.597 bits per heavy atom. The second-order valence-electron chi connectivity index (χ2n) is 27.4. The molecule has 3 N–H and O–H groups in total. The van der Waals surface area contributed by atoms with Crippen LogP contribution in [0.5, 0.6) is 0 Å². The summed E-state index contributed by atoms with van der Waals surface area (Å²) in [4.78, 5) is 8.15. The highest BCUT2D eigenvalue weighted by molar-refractivity contribution is 8.04. The largest absolute Gasteiger partial charge is 0.292 e. The predicted molar refractivity (Wildman–Crippen MR) is 277 cm³/mol. The molecule has 0 amide bonds. The first-order valence-electron chi connectivity index (χ1n) is 29.1. The van der Waals surface area contributed by atoms with Gasteiger partial charge in [0.1, 0.15) is 0 Å². The van der Waals surface area contributed by atoms with Gasteiger partial charge >= 0.3 is 0 Å². The van der Waals surface area contributed by atoms with E-state index >= 15 is 0 Å². The van der Waals surface area contributed by atoms with Crippen molar-refractivity contribution < 1.29 is 0 Å². The summed E-state index contributed by atoms with van der Waals surface area (Å²) in [6.45, 7) is 15.1. The zero-order chi connectivity index (χ0) is 45.8. The molecule has 12 aliphatic rings. The normalized spacial score (nSPS) is 49.1. The average Bonchev–Trinajstić information content (AvgIpc) is 4.00. The number of allylic oxidation sites excluding steroid dienone is 5. The van der Waals surface area contributed by atoms with Crippen LogP contribution in [-0.2, 0) is 0 Å². The molecule has 21 atom stereocenters. The lowest BCUT2D eigenvalue weighted by Crippen LogP contribution is -2.74. The van der Waals surface area contributed by atoms with Crippen molar-refractivity contribution in [1.29, 1.82) is 5.26 Å².